The van der Waals surface area contributed by atoms with Crippen LogP contribution in [-0.2, 0) is 9.59 Å². The minimum absolute atomic E-state index is 0.281. The highest BCUT2D eigenvalue weighted by Crippen LogP contribution is 1.84. The van der Waals surface area contributed by atoms with E-state index in [1.807, 2.05) is 0 Å². The molecule has 0 aromatic rings. The fraction of sp³-hybridized carbons (Fsp3) is 0.750. The molecule has 0 bridgehead atoms. The molecule has 0 amide bonds. The second kappa shape index (κ2) is 7.16. The van der Waals surface area contributed by atoms with Crippen molar-refractivity contribution in [2.45, 2.75) is 6.04 Å². The maximum atomic E-state index is 9.63. The monoisotopic (exact) mass is 223 g/mol. The summed E-state index contributed by atoms with van der Waals surface area (Å²) in [6.45, 7) is 1.11. The Morgan fingerprint density at radius 1 is 1.20 bits per heavy atom. The number of hydrogen-bond acceptors (Lipinski definition) is 4. The lowest BCUT2D eigenvalue weighted by atomic mass is 10.3. The normalized spacial score (nSPS) is 10.5. The summed E-state index contributed by atoms with van der Waals surface area (Å²) in [5.74, 6) is -3.06. The molecule has 0 heterocycles. The molecule has 90 valence electrons. The van der Waals surface area contributed by atoms with E-state index < -0.39 is 18.0 Å². The van der Waals surface area contributed by atoms with Gasteiger partial charge in [0.25, 0.3) is 0 Å². The topological polar surface area (TPSA) is 121 Å². The molecule has 0 aliphatic carbocycles. The van der Waals surface area contributed by atoms with E-state index in [1.165, 1.54) is 0 Å². The van der Waals surface area contributed by atoms with Crippen LogP contribution in [0.3, 0.4) is 0 Å². The molecule has 7 nitrogen and oxygen atoms in total. The van der Waals surface area contributed by atoms with E-state index in [0.717, 1.165) is 11.0 Å². The van der Waals surface area contributed by atoms with E-state index in [4.69, 9.17) is 15.3 Å². The van der Waals surface area contributed by atoms with Crippen LogP contribution < -0.4 is 5.73 Å². The quantitative estimate of drug-likeness (QED) is 0.328. The van der Waals surface area contributed by atoms with Crippen molar-refractivity contribution >= 4 is 11.9 Å². The average molecular weight is 223 g/mol. The summed E-state index contributed by atoms with van der Waals surface area (Å²) in [7, 11) is 6.16. The highest BCUT2D eigenvalue weighted by Gasteiger charge is 2.18. The number of likely N-dealkylation sites (N-methyl/N-ethyl adjacent to an activating group) is 1. The van der Waals surface area contributed by atoms with E-state index in [9.17, 15) is 9.59 Å². The largest absolute Gasteiger partial charge is 0.480 e. The molecule has 0 unspecified atom stereocenters. The van der Waals surface area contributed by atoms with Crippen LogP contribution in [0.15, 0.2) is 0 Å². The number of carboxylic acids is 2. The Balaban J connectivity index is 0. The predicted octanol–water partition coefficient (Wildman–Crippen LogP) is -1.83. The van der Waals surface area contributed by atoms with Crippen molar-refractivity contribution in [2.75, 3.05) is 34.3 Å². The van der Waals surface area contributed by atoms with Crippen LogP contribution in [0.5, 0.6) is 0 Å². The number of carbonyl (C=O) groups is 2. The molecule has 0 saturated carbocycles. The third-order valence-corrected chi connectivity index (χ3v) is 1.30. The molecule has 0 atom stereocenters. The van der Waals surface area contributed by atoms with Gasteiger partial charge in [0.1, 0.15) is 6.54 Å². The van der Waals surface area contributed by atoms with Gasteiger partial charge in [-0.15, -0.1) is 0 Å². The van der Waals surface area contributed by atoms with Crippen molar-refractivity contribution in [3.05, 3.63) is 0 Å². The molecular formula is C8H19N2O5+. The van der Waals surface area contributed by atoms with Gasteiger partial charge in [-0.2, -0.15) is 0 Å². The van der Waals surface area contributed by atoms with Gasteiger partial charge in [0.2, 0.25) is 6.04 Å². The second-order valence-electron chi connectivity index (χ2n) is 3.89. The molecule has 15 heavy (non-hydrogen) atoms. The first-order valence-electron chi connectivity index (χ1n) is 4.24. The van der Waals surface area contributed by atoms with Gasteiger partial charge in [0.05, 0.1) is 27.7 Å². The Bertz CT molecular complexity index is 198. The smallest absolute Gasteiger partial charge is 0.332 e. The van der Waals surface area contributed by atoms with Gasteiger partial charge in [0, 0.05) is 0 Å². The highest BCUT2D eigenvalue weighted by atomic mass is 16.4. The van der Waals surface area contributed by atoms with Gasteiger partial charge in [-0.05, 0) is 0 Å². The zero-order valence-electron chi connectivity index (χ0n) is 9.17. The number of quaternary nitrogens is 1. The van der Waals surface area contributed by atoms with Gasteiger partial charge in [-0.3, -0.25) is 0 Å². The summed E-state index contributed by atoms with van der Waals surface area (Å²) in [5.41, 5.74) is 4.56. The number of aliphatic hydroxyl groups excluding tert-OH is 1. The predicted molar refractivity (Wildman–Crippen MR) is 53.2 cm³/mol. The van der Waals surface area contributed by atoms with Crippen LogP contribution in [0.1, 0.15) is 0 Å². The SMILES string of the molecule is C[N+](C)(C)CCO.NC(C(=O)O)C(=O)O. The second-order valence-corrected chi connectivity index (χ2v) is 3.89. The summed E-state index contributed by atoms with van der Waals surface area (Å²) >= 11 is 0. The molecule has 0 aliphatic rings. The minimum Gasteiger partial charge on any atom is -0.480 e. The maximum absolute atomic E-state index is 9.63. The van der Waals surface area contributed by atoms with Crippen LogP contribution in [0.2, 0.25) is 0 Å². The van der Waals surface area contributed by atoms with Crippen molar-refractivity contribution in [2.24, 2.45) is 5.73 Å². The summed E-state index contributed by atoms with van der Waals surface area (Å²) in [4.78, 5) is 19.3. The van der Waals surface area contributed by atoms with Gasteiger partial charge < -0.3 is 25.5 Å². The summed E-state index contributed by atoms with van der Waals surface area (Å²) in [6, 6.07) is -1.80. The van der Waals surface area contributed by atoms with Crippen molar-refractivity contribution in [1.29, 1.82) is 0 Å². The van der Waals surface area contributed by atoms with Crippen LogP contribution in [0.4, 0.5) is 0 Å². The van der Waals surface area contributed by atoms with Gasteiger partial charge in [-0.1, -0.05) is 0 Å². The fourth-order valence-corrected chi connectivity index (χ4v) is 0.406. The van der Waals surface area contributed by atoms with Crippen LogP contribution in [-0.4, -0.2) is 72.1 Å². The molecule has 0 rings (SSSR count). The van der Waals surface area contributed by atoms with Crippen molar-refractivity contribution in [3.8, 4) is 0 Å². The Labute approximate surface area is 88.3 Å². The number of nitrogens with zero attached hydrogens (tertiary/aromatic N) is 1. The molecule has 0 spiro atoms. The van der Waals surface area contributed by atoms with Gasteiger partial charge in [0.15, 0.2) is 0 Å². The Kier molecular flexibility index (Phi) is 7.76. The Morgan fingerprint density at radius 3 is 1.53 bits per heavy atom. The molecule has 0 saturated heterocycles. The average Bonchev–Trinajstić information content (AvgIpc) is 2.01. The standard InChI is InChI=1S/C5H14NO.C3H5NO4/c1-6(2,3)4-5-7;4-1(2(5)6)3(7)8/h7H,4-5H2,1-3H3;1H,4H2,(H,5,6)(H,7,8)/q+1;. The molecule has 0 fully saturated rings. The molecular weight excluding hydrogens is 204 g/mol. The zero-order valence-corrected chi connectivity index (χ0v) is 9.17. The molecule has 0 radical (unpaired) electrons. The molecule has 5 N–H and O–H groups in total. The van der Waals surface area contributed by atoms with Crippen molar-refractivity contribution in [1.82, 2.24) is 0 Å². The molecule has 0 aromatic heterocycles. The summed E-state index contributed by atoms with van der Waals surface area (Å²) < 4.78 is 0.844. The Hall–Kier alpha value is -1.18. The molecule has 0 aromatic carbocycles. The van der Waals surface area contributed by atoms with Crippen molar-refractivity contribution < 1.29 is 29.4 Å². The van der Waals surface area contributed by atoms with E-state index in [1.54, 1.807) is 0 Å². The maximum Gasteiger partial charge on any atom is 0.332 e. The third kappa shape index (κ3) is 12.8. The first kappa shape index (κ1) is 16.3. The van der Waals surface area contributed by atoms with E-state index in [-0.39, 0.29) is 6.61 Å². The minimum atomic E-state index is -1.80. The first-order valence-corrected chi connectivity index (χ1v) is 4.24. The zero-order chi connectivity index (χ0) is 12.6. The lowest BCUT2D eigenvalue weighted by Gasteiger charge is -2.21. The number of rotatable bonds is 4. The summed E-state index contributed by atoms with van der Waals surface area (Å²) in [6.07, 6.45) is 0. The fourth-order valence-electron chi connectivity index (χ4n) is 0.406. The summed E-state index contributed by atoms with van der Waals surface area (Å²) in [5, 5.41) is 24.1. The molecule has 7 heteroatoms. The van der Waals surface area contributed by atoms with E-state index in [2.05, 4.69) is 26.9 Å². The number of nitrogens with two attached hydrogens (primary N) is 1. The number of aliphatic carboxylic acids is 2. The van der Waals surface area contributed by atoms with Crippen molar-refractivity contribution in [3.63, 3.8) is 0 Å². The van der Waals surface area contributed by atoms with Crippen LogP contribution >= 0.6 is 0 Å². The van der Waals surface area contributed by atoms with E-state index >= 15 is 0 Å². The lowest BCUT2D eigenvalue weighted by molar-refractivity contribution is -0.870. The highest BCUT2D eigenvalue weighted by molar-refractivity contribution is 5.96. The number of carboxylic acid groups (broad SMARTS) is 2. The molecule has 0 aliphatic heterocycles. The first-order chi connectivity index (χ1) is 6.61. The van der Waals surface area contributed by atoms with Gasteiger partial charge >= 0.3 is 11.9 Å². The lowest BCUT2D eigenvalue weighted by Crippen LogP contribution is -2.38. The van der Waals surface area contributed by atoms with E-state index in [0.29, 0.717) is 0 Å². The van der Waals surface area contributed by atoms with Gasteiger partial charge in [-0.25, -0.2) is 9.59 Å². The third-order valence-electron chi connectivity index (χ3n) is 1.30. The Morgan fingerprint density at radius 2 is 1.53 bits per heavy atom. The number of aliphatic hydroxyl groups is 1. The number of hydrogen-bond donors (Lipinski definition) is 4. The van der Waals surface area contributed by atoms with Crippen LogP contribution in [0.25, 0.3) is 0 Å². The van der Waals surface area contributed by atoms with Crippen LogP contribution in [0, 0.1) is 0 Å².